The summed E-state index contributed by atoms with van der Waals surface area (Å²) in [7, 11) is 0. The van der Waals surface area contributed by atoms with E-state index in [1.807, 2.05) is 53.4 Å². The molecule has 1 amide bonds. The number of fused-ring (bicyclic) bond motifs is 3. The Labute approximate surface area is 171 Å². The maximum Gasteiger partial charge on any atom is 0.410 e. The predicted molar refractivity (Wildman–Crippen MR) is 113 cm³/mol. The van der Waals surface area contributed by atoms with Gasteiger partial charge in [-0.25, -0.2) is 4.79 Å². The lowest BCUT2D eigenvalue weighted by molar-refractivity contribution is 0.0865. The SMILES string of the molecule is O=C(OCc1ccccc1)N1CC[C@@H]2[C@H](c3ccccc3)Nc3ccccc3[C@@H]21. The van der Waals surface area contributed by atoms with E-state index in [2.05, 4.69) is 41.7 Å². The van der Waals surface area contributed by atoms with E-state index in [0.717, 1.165) is 17.7 Å². The number of nitrogens with one attached hydrogen (secondary N) is 1. The second kappa shape index (κ2) is 7.63. The quantitative estimate of drug-likeness (QED) is 0.643. The van der Waals surface area contributed by atoms with Gasteiger partial charge in [-0.05, 0) is 29.2 Å². The number of hydrogen-bond acceptors (Lipinski definition) is 3. The summed E-state index contributed by atoms with van der Waals surface area (Å²) in [6.07, 6.45) is 0.719. The zero-order chi connectivity index (χ0) is 19.6. The van der Waals surface area contributed by atoms with Crippen LogP contribution in [0.5, 0.6) is 0 Å². The molecular formula is C25H24N2O2. The third-order valence-corrected chi connectivity index (χ3v) is 6.06. The second-order valence-electron chi connectivity index (χ2n) is 7.75. The Morgan fingerprint density at radius 1 is 0.931 bits per heavy atom. The Morgan fingerprint density at radius 3 is 2.41 bits per heavy atom. The number of hydrogen-bond donors (Lipinski definition) is 1. The fourth-order valence-electron chi connectivity index (χ4n) is 4.72. The summed E-state index contributed by atoms with van der Waals surface area (Å²) in [5.41, 5.74) is 4.55. The molecule has 5 rings (SSSR count). The van der Waals surface area contributed by atoms with Crippen molar-refractivity contribution in [3.8, 4) is 0 Å². The first kappa shape index (κ1) is 17.8. The van der Waals surface area contributed by atoms with Gasteiger partial charge in [0.2, 0.25) is 0 Å². The van der Waals surface area contributed by atoms with Crippen LogP contribution in [0.15, 0.2) is 84.9 Å². The van der Waals surface area contributed by atoms with Gasteiger partial charge in [0.05, 0.1) is 12.1 Å². The number of rotatable bonds is 3. The predicted octanol–water partition coefficient (Wildman–Crippen LogP) is 5.55. The molecule has 0 radical (unpaired) electrons. The molecule has 1 fully saturated rings. The first-order valence-electron chi connectivity index (χ1n) is 10.2. The van der Waals surface area contributed by atoms with Crippen molar-refractivity contribution in [2.75, 3.05) is 11.9 Å². The minimum atomic E-state index is -0.232. The summed E-state index contributed by atoms with van der Waals surface area (Å²) in [6.45, 7) is 1.01. The molecule has 4 heteroatoms. The summed E-state index contributed by atoms with van der Waals surface area (Å²) in [4.78, 5) is 14.9. The standard InChI is InChI=1S/C25H24N2O2/c28-25(29-17-18-9-3-1-4-10-18)27-16-15-21-23(19-11-5-2-6-12-19)26-22-14-8-7-13-20(22)24(21)27/h1-14,21,23-24,26H,15-17H2/t21-,23+,24+/m1/s1. The number of ether oxygens (including phenoxy) is 1. The smallest absolute Gasteiger partial charge is 0.410 e. The maximum absolute atomic E-state index is 13.0. The van der Waals surface area contributed by atoms with Gasteiger partial charge in [-0.3, -0.25) is 0 Å². The lowest BCUT2D eigenvalue weighted by Crippen LogP contribution is -2.37. The minimum Gasteiger partial charge on any atom is -0.445 e. The van der Waals surface area contributed by atoms with Crippen LogP contribution in [-0.2, 0) is 11.3 Å². The molecule has 0 saturated carbocycles. The Hall–Kier alpha value is -3.27. The fourth-order valence-corrected chi connectivity index (χ4v) is 4.72. The second-order valence-corrected chi connectivity index (χ2v) is 7.75. The van der Waals surface area contributed by atoms with Gasteiger partial charge in [-0.2, -0.15) is 0 Å². The third kappa shape index (κ3) is 3.35. The molecule has 0 unspecified atom stereocenters. The van der Waals surface area contributed by atoms with E-state index in [4.69, 9.17) is 4.74 Å². The molecule has 2 aliphatic heterocycles. The molecule has 3 atom stereocenters. The first-order valence-corrected chi connectivity index (χ1v) is 10.2. The number of anilines is 1. The van der Waals surface area contributed by atoms with Crippen LogP contribution in [0.1, 0.15) is 35.2 Å². The number of amides is 1. The van der Waals surface area contributed by atoms with Crippen LogP contribution in [0, 0.1) is 5.92 Å². The van der Waals surface area contributed by atoms with Gasteiger partial charge in [0, 0.05) is 18.2 Å². The Bertz CT molecular complexity index is 990. The van der Waals surface area contributed by atoms with Crippen LogP contribution in [0.2, 0.25) is 0 Å². The van der Waals surface area contributed by atoms with Crippen molar-refractivity contribution >= 4 is 11.8 Å². The van der Waals surface area contributed by atoms with Crippen LogP contribution >= 0.6 is 0 Å². The van der Waals surface area contributed by atoms with Crippen molar-refractivity contribution in [3.05, 3.63) is 102 Å². The van der Waals surface area contributed by atoms with Gasteiger partial charge in [0.25, 0.3) is 0 Å². The average Bonchev–Trinajstić information content (AvgIpc) is 3.24. The lowest BCUT2D eigenvalue weighted by Gasteiger charge is -2.39. The fraction of sp³-hybridized carbons (Fsp3) is 0.240. The van der Waals surface area contributed by atoms with E-state index in [1.54, 1.807) is 0 Å². The number of benzene rings is 3. The highest BCUT2D eigenvalue weighted by Crippen LogP contribution is 2.51. The Morgan fingerprint density at radius 2 is 1.62 bits per heavy atom. The van der Waals surface area contributed by atoms with E-state index in [9.17, 15) is 4.79 Å². The summed E-state index contributed by atoms with van der Waals surface area (Å²) in [6, 6.07) is 28.9. The maximum atomic E-state index is 13.0. The monoisotopic (exact) mass is 384 g/mol. The molecule has 1 saturated heterocycles. The highest BCUT2D eigenvalue weighted by molar-refractivity contribution is 5.71. The van der Waals surface area contributed by atoms with Crippen molar-refractivity contribution < 1.29 is 9.53 Å². The van der Waals surface area contributed by atoms with Gasteiger partial charge in [0.15, 0.2) is 0 Å². The molecule has 29 heavy (non-hydrogen) atoms. The molecule has 1 N–H and O–H groups in total. The van der Waals surface area contributed by atoms with Crippen molar-refractivity contribution in [1.82, 2.24) is 4.90 Å². The van der Waals surface area contributed by atoms with Crippen molar-refractivity contribution in [1.29, 1.82) is 0 Å². The molecule has 0 bridgehead atoms. The molecule has 3 aromatic rings. The van der Waals surface area contributed by atoms with E-state index in [0.29, 0.717) is 19.1 Å². The molecule has 4 nitrogen and oxygen atoms in total. The average molecular weight is 384 g/mol. The largest absolute Gasteiger partial charge is 0.445 e. The van der Waals surface area contributed by atoms with E-state index < -0.39 is 0 Å². The molecule has 0 aromatic heterocycles. The molecule has 0 spiro atoms. The number of nitrogens with zero attached hydrogens (tertiary/aromatic N) is 1. The van der Waals surface area contributed by atoms with Crippen LogP contribution in [-0.4, -0.2) is 17.5 Å². The molecular weight excluding hydrogens is 360 g/mol. The van der Waals surface area contributed by atoms with Crippen molar-refractivity contribution in [2.45, 2.75) is 25.1 Å². The van der Waals surface area contributed by atoms with Gasteiger partial charge in [0.1, 0.15) is 6.61 Å². The van der Waals surface area contributed by atoms with Gasteiger partial charge in [-0.15, -0.1) is 0 Å². The van der Waals surface area contributed by atoms with Gasteiger partial charge >= 0.3 is 6.09 Å². The first-order chi connectivity index (χ1) is 14.3. The van der Waals surface area contributed by atoms with E-state index >= 15 is 0 Å². The summed E-state index contributed by atoms with van der Waals surface area (Å²) < 4.78 is 5.68. The van der Waals surface area contributed by atoms with Gasteiger partial charge in [-0.1, -0.05) is 78.9 Å². The number of carbonyl (C=O) groups is 1. The van der Waals surface area contributed by atoms with E-state index in [-0.39, 0.29) is 18.2 Å². The van der Waals surface area contributed by atoms with Crippen LogP contribution < -0.4 is 5.32 Å². The Kier molecular flexibility index (Phi) is 4.68. The molecule has 3 aromatic carbocycles. The van der Waals surface area contributed by atoms with Crippen molar-refractivity contribution in [2.24, 2.45) is 5.92 Å². The number of para-hydroxylation sites is 1. The number of likely N-dealkylation sites (tertiary alicyclic amines) is 1. The topological polar surface area (TPSA) is 41.6 Å². The van der Waals surface area contributed by atoms with Crippen LogP contribution in [0.3, 0.4) is 0 Å². The zero-order valence-corrected chi connectivity index (χ0v) is 16.2. The number of carbonyl (C=O) groups excluding carboxylic acids is 1. The van der Waals surface area contributed by atoms with Gasteiger partial charge < -0.3 is 15.0 Å². The Balaban J connectivity index is 1.42. The minimum absolute atomic E-state index is 0.0286. The van der Waals surface area contributed by atoms with E-state index in [1.165, 1.54) is 11.1 Å². The summed E-state index contributed by atoms with van der Waals surface area (Å²) >= 11 is 0. The van der Waals surface area contributed by atoms with Crippen LogP contribution in [0.4, 0.5) is 10.5 Å². The molecule has 2 heterocycles. The normalized spacial score (nSPS) is 22.3. The van der Waals surface area contributed by atoms with Crippen LogP contribution in [0.25, 0.3) is 0 Å². The summed E-state index contributed by atoms with van der Waals surface area (Å²) in [5.74, 6) is 0.316. The summed E-state index contributed by atoms with van der Waals surface area (Å²) in [5, 5.41) is 3.72. The highest BCUT2D eigenvalue weighted by Gasteiger charge is 2.46. The lowest BCUT2D eigenvalue weighted by atomic mass is 9.80. The molecule has 2 aliphatic rings. The third-order valence-electron chi connectivity index (χ3n) is 6.06. The van der Waals surface area contributed by atoms with Crippen molar-refractivity contribution in [3.63, 3.8) is 0 Å². The molecule has 146 valence electrons. The molecule has 0 aliphatic carbocycles. The zero-order valence-electron chi connectivity index (χ0n) is 16.2. The highest BCUT2D eigenvalue weighted by atomic mass is 16.6.